The van der Waals surface area contributed by atoms with Crippen molar-refractivity contribution in [1.82, 2.24) is 15.3 Å². The molecule has 1 aromatic carbocycles. The molecule has 27 heavy (non-hydrogen) atoms. The van der Waals surface area contributed by atoms with Gasteiger partial charge in [0.05, 0.1) is 4.88 Å². The monoisotopic (exact) mass is 382 g/mol. The van der Waals surface area contributed by atoms with Gasteiger partial charge in [0.2, 0.25) is 0 Å². The summed E-state index contributed by atoms with van der Waals surface area (Å²) in [5.74, 6) is 1.29. The molecule has 0 spiro atoms. The lowest BCUT2D eigenvalue weighted by Gasteiger charge is -2.13. The van der Waals surface area contributed by atoms with Crippen molar-refractivity contribution in [3.05, 3.63) is 60.2 Å². The van der Waals surface area contributed by atoms with Crippen LogP contribution in [0.1, 0.15) is 25.0 Å². The molecule has 3 heterocycles. The van der Waals surface area contributed by atoms with Crippen molar-refractivity contribution in [2.24, 2.45) is 5.92 Å². The fourth-order valence-corrected chi connectivity index (χ4v) is 4.27. The molecule has 6 heteroatoms. The van der Waals surface area contributed by atoms with Gasteiger partial charge >= 0.3 is 0 Å². The number of benzene rings is 1. The quantitative estimate of drug-likeness (QED) is 0.650. The molecule has 2 N–H and O–H groups in total. The highest BCUT2D eigenvalue weighted by molar-refractivity contribution is 7.18. The van der Waals surface area contributed by atoms with Gasteiger partial charge in [-0.15, -0.1) is 0 Å². The van der Waals surface area contributed by atoms with Crippen LogP contribution in [0.15, 0.2) is 48.7 Å². The second kappa shape index (κ2) is 8.59. The van der Waals surface area contributed by atoms with E-state index in [0.717, 1.165) is 46.6 Å². The number of hydrogen-bond acceptors (Lipinski definition) is 5. The van der Waals surface area contributed by atoms with Gasteiger partial charge in [0.25, 0.3) is 0 Å². The first-order chi connectivity index (χ1) is 13.3. The van der Waals surface area contributed by atoms with Crippen LogP contribution in [0.3, 0.4) is 0 Å². The highest BCUT2D eigenvalue weighted by Gasteiger charge is 2.13. The first-order valence-electron chi connectivity index (χ1n) is 9.42. The molecule has 1 atom stereocenters. The largest absolute Gasteiger partial charge is 0.317 e. The van der Waals surface area contributed by atoms with Crippen molar-refractivity contribution in [2.75, 3.05) is 18.4 Å². The second-order valence-corrected chi connectivity index (χ2v) is 7.96. The minimum atomic E-state index is -0.230. The maximum atomic E-state index is 13.1. The van der Waals surface area contributed by atoms with Crippen molar-refractivity contribution in [3.8, 4) is 10.4 Å². The number of nitrogens with zero attached hydrogens (tertiary/aromatic N) is 2. The Kier molecular flexibility index (Phi) is 5.75. The van der Waals surface area contributed by atoms with Gasteiger partial charge in [-0.3, -0.25) is 0 Å². The van der Waals surface area contributed by atoms with Gasteiger partial charge in [-0.2, -0.15) is 0 Å². The number of pyridine rings is 1. The molecule has 0 radical (unpaired) electrons. The van der Waals surface area contributed by atoms with E-state index in [1.165, 1.54) is 42.7 Å². The molecule has 1 fully saturated rings. The zero-order valence-corrected chi connectivity index (χ0v) is 15.9. The van der Waals surface area contributed by atoms with Crippen LogP contribution in [-0.2, 0) is 6.42 Å². The summed E-state index contributed by atoms with van der Waals surface area (Å²) in [5, 5.41) is 7.56. The molecule has 4 nitrogen and oxygen atoms in total. The van der Waals surface area contributed by atoms with Gasteiger partial charge in [0, 0.05) is 11.9 Å². The third-order valence-corrected chi connectivity index (χ3v) is 5.83. The van der Waals surface area contributed by atoms with E-state index in [9.17, 15) is 4.39 Å². The molecular formula is C21H23FN4S. The van der Waals surface area contributed by atoms with Crippen LogP contribution in [-0.4, -0.2) is 23.1 Å². The minimum absolute atomic E-state index is 0.230. The van der Waals surface area contributed by atoms with Crippen LogP contribution in [0.25, 0.3) is 10.4 Å². The van der Waals surface area contributed by atoms with Crippen LogP contribution in [0.5, 0.6) is 0 Å². The average molecular weight is 383 g/mol. The van der Waals surface area contributed by atoms with Crippen LogP contribution >= 0.6 is 11.3 Å². The van der Waals surface area contributed by atoms with Crippen molar-refractivity contribution >= 4 is 22.3 Å². The van der Waals surface area contributed by atoms with E-state index in [1.807, 2.05) is 18.3 Å². The van der Waals surface area contributed by atoms with Crippen LogP contribution < -0.4 is 10.6 Å². The van der Waals surface area contributed by atoms with Crippen molar-refractivity contribution in [3.63, 3.8) is 0 Å². The SMILES string of the molecule is Fc1ccc(-c2cnc(Nc3cccc(CC4CCCNCC4)n3)s2)cc1. The Labute approximate surface area is 162 Å². The number of anilines is 2. The van der Waals surface area contributed by atoms with Crippen LogP contribution in [0.2, 0.25) is 0 Å². The molecule has 1 aliphatic rings. The Balaban J connectivity index is 1.43. The molecule has 1 saturated heterocycles. The third kappa shape index (κ3) is 4.90. The van der Waals surface area contributed by atoms with E-state index in [4.69, 9.17) is 4.98 Å². The van der Waals surface area contributed by atoms with Gasteiger partial charge in [-0.05, 0) is 74.5 Å². The summed E-state index contributed by atoms with van der Waals surface area (Å²) in [6.07, 6.45) is 6.55. The fraction of sp³-hybridized carbons (Fsp3) is 0.333. The molecule has 4 rings (SSSR count). The predicted molar refractivity (Wildman–Crippen MR) is 109 cm³/mol. The van der Waals surface area contributed by atoms with Crippen LogP contribution in [0.4, 0.5) is 15.3 Å². The van der Waals surface area contributed by atoms with Gasteiger partial charge < -0.3 is 10.6 Å². The summed E-state index contributed by atoms with van der Waals surface area (Å²) >= 11 is 1.54. The topological polar surface area (TPSA) is 49.8 Å². The molecule has 0 saturated carbocycles. The molecule has 2 aromatic heterocycles. The number of nitrogens with one attached hydrogen (secondary N) is 2. The van der Waals surface area contributed by atoms with Gasteiger partial charge in [-0.1, -0.05) is 29.5 Å². The predicted octanol–water partition coefficient (Wildman–Crippen LogP) is 5.02. The summed E-state index contributed by atoms with van der Waals surface area (Å²) in [7, 11) is 0. The summed E-state index contributed by atoms with van der Waals surface area (Å²) < 4.78 is 13.1. The Hall–Kier alpha value is -2.31. The zero-order chi connectivity index (χ0) is 18.5. The second-order valence-electron chi connectivity index (χ2n) is 6.93. The normalized spacial score (nSPS) is 17.4. The van der Waals surface area contributed by atoms with E-state index < -0.39 is 0 Å². The van der Waals surface area contributed by atoms with E-state index in [-0.39, 0.29) is 5.82 Å². The molecule has 0 aliphatic carbocycles. The Morgan fingerprint density at radius 3 is 2.89 bits per heavy atom. The van der Waals surface area contributed by atoms with Crippen molar-refractivity contribution < 1.29 is 4.39 Å². The lowest BCUT2D eigenvalue weighted by molar-refractivity contribution is 0.465. The highest BCUT2D eigenvalue weighted by Crippen LogP contribution is 2.30. The first kappa shape index (κ1) is 18.1. The van der Waals surface area contributed by atoms with E-state index in [0.29, 0.717) is 5.92 Å². The van der Waals surface area contributed by atoms with Gasteiger partial charge in [0.1, 0.15) is 11.6 Å². The highest BCUT2D eigenvalue weighted by atomic mass is 32.1. The number of rotatable bonds is 5. The smallest absolute Gasteiger partial charge is 0.188 e. The van der Waals surface area contributed by atoms with Crippen molar-refractivity contribution in [2.45, 2.75) is 25.7 Å². The van der Waals surface area contributed by atoms with E-state index >= 15 is 0 Å². The zero-order valence-electron chi connectivity index (χ0n) is 15.1. The molecular weight excluding hydrogens is 359 g/mol. The Morgan fingerprint density at radius 2 is 2.00 bits per heavy atom. The first-order valence-corrected chi connectivity index (χ1v) is 10.2. The molecule has 1 aliphatic heterocycles. The molecule has 0 amide bonds. The number of thiazole rings is 1. The van der Waals surface area contributed by atoms with Gasteiger partial charge in [0.15, 0.2) is 5.13 Å². The average Bonchev–Trinajstić information content (AvgIpc) is 2.98. The minimum Gasteiger partial charge on any atom is -0.317 e. The number of hydrogen-bond donors (Lipinski definition) is 2. The Bertz CT molecular complexity index is 870. The lowest BCUT2D eigenvalue weighted by atomic mass is 9.95. The molecule has 0 bridgehead atoms. The molecule has 140 valence electrons. The lowest BCUT2D eigenvalue weighted by Crippen LogP contribution is -2.14. The number of halogens is 1. The summed E-state index contributed by atoms with van der Waals surface area (Å²) in [6.45, 7) is 2.24. The summed E-state index contributed by atoms with van der Waals surface area (Å²) in [6, 6.07) is 12.6. The standard InChI is InChI=1S/C21H23FN4S/c22-17-8-6-16(7-9-17)19-14-24-21(27-19)26-20-5-1-4-18(25-20)13-15-3-2-11-23-12-10-15/h1,4-9,14-15,23H,2-3,10-13H2,(H,24,25,26). The maximum absolute atomic E-state index is 13.1. The summed E-state index contributed by atoms with van der Waals surface area (Å²) in [5.41, 5.74) is 2.09. The third-order valence-electron chi connectivity index (χ3n) is 4.87. The van der Waals surface area contributed by atoms with Crippen molar-refractivity contribution in [1.29, 1.82) is 0 Å². The number of aromatic nitrogens is 2. The van der Waals surface area contributed by atoms with E-state index in [1.54, 1.807) is 12.1 Å². The van der Waals surface area contributed by atoms with Crippen LogP contribution in [0, 0.1) is 11.7 Å². The maximum Gasteiger partial charge on any atom is 0.188 e. The summed E-state index contributed by atoms with van der Waals surface area (Å²) in [4.78, 5) is 10.2. The van der Waals surface area contributed by atoms with Gasteiger partial charge in [-0.25, -0.2) is 14.4 Å². The molecule has 1 unspecified atom stereocenters. The molecule has 3 aromatic rings. The van der Waals surface area contributed by atoms with E-state index in [2.05, 4.69) is 21.7 Å². The fourth-order valence-electron chi connectivity index (χ4n) is 3.44. The Morgan fingerprint density at radius 1 is 1.11 bits per heavy atom.